The van der Waals surface area contributed by atoms with Crippen molar-refractivity contribution in [3.05, 3.63) is 65.7 Å². The molecule has 4 aromatic rings. The Morgan fingerprint density at radius 3 is 2.82 bits per heavy atom. The second-order valence-electron chi connectivity index (χ2n) is 6.53. The fraction of sp³-hybridized carbons (Fsp3) is 0.200. The van der Waals surface area contributed by atoms with Crippen LogP contribution in [0.2, 0.25) is 5.02 Å². The normalized spacial score (nSPS) is 12.2. The van der Waals surface area contributed by atoms with Crippen LogP contribution in [0.3, 0.4) is 0 Å². The van der Waals surface area contributed by atoms with Gasteiger partial charge in [0.15, 0.2) is 5.82 Å². The molecule has 4 rings (SSSR count). The molecule has 0 aliphatic heterocycles. The van der Waals surface area contributed by atoms with Crippen molar-refractivity contribution in [3.63, 3.8) is 0 Å². The van der Waals surface area contributed by atoms with E-state index in [1.165, 1.54) is 0 Å². The predicted octanol–water partition coefficient (Wildman–Crippen LogP) is 3.69. The van der Waals surface area contributed by atoms with Crippen LogP contribution in [0.15, 0.2) is 59.4 Å². The van der Waals surface area contributed by atoms with Gasteiger partial charge in [-0.25, -0.2) is 4.98 Å². The Labute approximate surface area is 166 Å². The molecule has 1 amide bonds. The molecule has 8 heteroatoms. The molecule has 1 atom stereocenters. The third kappa shape index (κ3) is 3.89. The van der Waals surface area contributed by atoms with Gasteiger partial charge >= 0.3 is 0 Å². The van der Waals surface area contributed by atoms with E-state index in [1.807, 2.05) is 35.8 Å². The third-order valence-corrected chi connectivity index (χ3v) is 4.68. The summed E-state index contributed by atoms with van der Waals surface area (Å²) in [4.78, 5) is 21.1. The topological polar surface area (TPSA) is 85.8 Å². The van der Waals surface area contributed by atoms with Crippen molar-refractivity contribution in [2.24, 2.45) is 5.92 Å². The molecule has 7 nitrogen and oxygen atoms in total. The van der Waals surface area contributed by atoms with E-state index >= 15 is 0 Å². The van der Waals surface area contributed by atoms with Crippen LogP contribution in [0.25, 0.3) is 22.5 Å². The van der Waals surface area contributed by atoms with Crippen molar-refractivity contribution in [1.29, 1.82) is 0 Å². The van der Waals surface area contributed by atoms with E-state index in [-0.39, 0.29) is 18.4 Å². The number of hydrogen-bond donors (Lipinski definition) is 1. The van der Waals surface area contributed by atoms with Crippen molar-refractivity contribution < 1.29 is 9.32 Å². The van der Waals surface area contributed by atoms with Crippen LogP contribution < -0.4 is 5.32 Å². The molecule has 0 saturated carbocycles. The lowest BCUT2D eigenvalue weighted by Gasteiger charge is -2.12. The van der Waals surface area contributed by atoms with E-state index in [1.54, 1.807) is 30.6 Å². The Bertz CT molecular complexity index is 1100. The van der Waals surface area contributed by atoms with Crippen LogP contribution in [-0.2, 0) is 17.9 Å². The van der Waals surface area contributed by atoms with Crippen molar-refractivity contribution in [2.75, 3.05) is 0 Å². The second kappa shape index (κ2) is 7.82. The van der Waals surface area contributed by atoms with Gasteiger partial charge < -0.3 is 14.4 Å². The highest BCUT2D eigenvalue weighted by Gasteiger charge is 2.16. The first kappa shape index (κ1) is 18.2. The van der Waals surface area contributed by atoms with Gasteiger partial charge in [0.2, 0.25) is 5.91 Å². The Kier molecular flexibility index (Phi) is 5.08. The number of hydrogen-bond acceptors (Lipinski definition) is 5. The Balaban J connectivity index is 1.35. The zero-order chi connectivity index (χ0) is 19.5. The van der Waals surface area contributed by atoms with Gasteiger partial charge in [-0.3, -0.25) is 4.79 Å². The summed E-state index contributed by atoms with van der Waals surface area (Å²) < 4.78 is 7.23. The van der Waals surface area contributed by atoms with E-state index < -0.39 is 0 Å². The van der Waals surface area contributed by atoms with Gasteiger partial charge in [0.05, 0.1) is 29.8 Å². The van der Waals surface area contributed by atoms with Gasteiger partial charge in [-0.1, -0.05) is 35.8 Å². The van der Waals surface area contributed by atoms with Gasteiger partial charge in [0.25, 0.3) is 5.89 Å². The number of carbonyl (C=O) groups excluding carboxylic acids is 1. The molecule has 2 heterocycles. The first-order valence-corrected chi connectivity index (χ1v) is 9.24. The lowest BCUT2D eigenvalue weighted by molar-refractivity contribution is -0.125. The maximum absolute atomic E-state index is 12.4. The van der Waals surface area contributed by atoms with Crippen LogP contribution in [-0.4, -0.2) is 25.6 Å². The summed E-state index contributed by atoms with van der Waals surface area (Å²) in [6, 6.07) is 15.0. The number of nitrogens with zero attached hydrogens (tertiary/aromatic N) is 4. The average Bonchev–Trinajstić information content (AvgIpc) is 3.34. The number of nitrogens with one attached hydrogen (secondary N) is 1. The molecule has 0 saturated heterocycles. The van der Waals surface area contributed by atoms with Crippen molar-refractivity contribution in [3.8, 4) is 11.5 Å². The number of imidazole rings is 1. The standard InChI is InChI=1S/C20H18ClN5O2/c1-13(11-26-12-23-16-4-2-3-5-17(16)26)19(27)22-10-18-24-20(28-25-18)14-6-8-15(21)9-7-14/h2-9,12-13H,10-11H2,1H3,(H,22,27). The summed E-state index contributed by atoms with van der Waals surface area (Å²) in [5.74, 6) is 0.480. The predicted molar refractivity (Wildman–Crippen MR) is 105 cm³/mol. The monoisotopic (exact) mass is 395 g/mol. The smallest absolute Gasteiger partial charge is 0.257 e. The lowest BCUT2D eigenvalue weighted by Crippen LogP contribution is -2.31. The van der Waals surface area contributed by atoms with E-state index in [0.717, 1.165) is 16.6 Å². The second-order valence-corrected chi connectivity index (χ2v) is 6.96. The van der Waals surface area contributed by atoms with E-state index in [0.29, 0.717) is 23.3 Å². The van der Waals surface area contributed by atoms with Crippen LogP contribution >= 0.6 is 11.6 Å². The highest BCUT2D eigenvalue weighted by molar-refractivity contribution is 6.30. The zero-order valence-electron chi connectivity index (χ0n) is 15.2. The molecular formula is C20H18ClN5O2. The van der Waals surface area contributed by atoms with Gasteiger partial charge in [0.1, 0.15) is 0 Å². The first-order chi connectivity index (χ1) is 13.6. The number of amides is 1. The number of rotatable bonds is 6. The molecule has 0 bridgehead atoms. The van der Waals surface area contributed by atoms with Crippen molar-refractivity contribution >= 4 is 28.5 Å². The molecule has 28 heavy (non-hydrogen) atoms. The molecule has 2 aromatic carbocycles. The van der Waals surface area contributed by atoms with Gasteiger partial charge in [-0.2, -0.15) is 4.98 Å². The zero-order valence-corrected chi connectivity index (χ0v) is 15.9. The highest BCUT2D eigenvalue weighted by Crippen LogP contribution is 2.19. The van der Waals surface area contributed by atoms with Gasteiger partial charge in [0, 0.05) is 17.1 Å². The molecule has 1 N–H and O–H groups in total. The molecule has 0 radical (unpaired) electrons. The fourth-order valence-corrected chi connectivity index (χ4v) is 3.04. The van der Waals surface area contributed by atoms with Crippen LogP contribution in [0, 0.1) is 5.92 Å². The van der Waals surface area contributed by atoms with Crippen LogP contribution in [0.1, 0.15) is 12.7 Å². The largest absolute Gasteiger partial charge is 0.348 e. The summed E-state index contributed by atoms with van der Waals surface area (Å²) in [6.45, 7) is 2.61. The first-order valence-electron chi connectivity index (χ1n) is 8.86. The summed E-state index contributed by atoms with van der Waals surface area (Å²) in [5.41, 5.74) is 2.69. The molecule has 0 fully saturated rings. The van der Waals surface area contributed by atoms with Crippen LogP contribution in [0.5, 0.6) is 0 Å². The number of benzene rings is 2. The SMILES string of the molecule is CC(Cn1cnc2ccccc21)C(=O)NCc1noc(-c2ccc(Cl)cc2)n1. The van der Waals surface area contributed by atoms with E-state index in [4.69, 9.17) is 16.1 Å². The maximum atomic E-state index is 12.4. The van der Waals surface area contributed by atoms with Gasteiger partial charge in [-0.05, 0) is 36.4 Å². The minimum atomic E-state index is -0.236. The lowest BCUT2D eigenvalue weighted by atomic mass is 10.1. The number of carbonyl (C=O) groups is 1. The molecule has 1 unspecified atom stereocenters. The molecule has 142 valence electrons. The van der Waals surface area contributed by atoms with Gasteiger partial charge in [-0.15, -0.1) is 0 Å². The van der Waals surface area contributed by atoms with Crippen molar-refractivity contribution in [2.45, 2.75) is 20.0 Å². The molecular weight excluding hydrogens is 378 g/mol. The average molecular weight is 396 g/mol. The highest BCUT2D eigenvalue weighted by atomic mass is 35.5. The molecule has 0 aliphatic rings. The summed E-state index contributed by atoms with van der Waals surface area (Å²) >= 11 is 5.88. The maximum Gasteiger partial charge on any atom is 0.257 e. The van der Waals surface area contributed by atoms with Crippen LogP contribution in [0.4, 0.5) is 0 Å². The summed E-state index contributed by atoms with van der Waals surface area (Å²) in [7, 11) is 0. The minimum absolute atomic E-state index is 0.0874. The number of halogens is 1. The van der Waals surface area contributed by atoms with Crippen molar-refractivity contribution in [1.82, 2.24) is 25.0 Å². The molecule has 2 aromatic heterocycles. The number of aromatic nitrogens is 4. The Morgan fingerprint density at radius 2 is 2.00 bits per heavy atom. The number of fused-ring (bicyclic) bond motifs is 1. The Morgan fingerprint density at radius 1 is 1.21 bits per heavy atom. The summed E-state index contributed by atoms with van der Waals surface area (Å²) in [6.07, 6.45) is 1.76. The quantitative estimate of drug-likeness (QED) is 0.538. The molecule has 0 spiro atoms. The summed E-state index contributed by atoms with van der Waals surface area (Å²) in [5, 5.41) is 7.40. The number of para-hydroxylation sites is 2. The van der Waals surface area contributed by atoms with E-state index in [2.05, 4.69) is 20.4 Å². The fourth-order valence-electron chi connectivity index (χ4n) is 2.91. The molecule has 0 aliphatic carbocycles. The Hall–Kier alpha value is -3.19. The third-order valence-electron chi connectivity index (χ3n) is 4.43. The van der Waals surface area contributed by atoms with E-state index in [9.17, 15) is 4.79 Å². The minimum Gasteiger partial charge on any atom is -0.348 e.